The number of methoxy groups -OCH3 is 1. The van der Waals surface area contributed by atoms with Gasteiger partial charge in [0.25, 0.3) is 5.91 Å². The summed E-state index contributed by atoms with van der Waals surface area (Å²) in [5, 5.41) is 2.90. The molecule has 0 saturated heterocycles. The number of hydrogen-bond acceptors (Lipinski definition) is 4. The lowest BCUT2D eigenvalue weighted by Gasteiger charge is -2.11. The van der Waals surface area contributed by atoms with E-state index in [-0.39, 0.29) is 5.91 Å². The van der Waals surface area contributed by atoms with Crippen molar-refractivity contribution in [2.75, 3.05) is 20.3 Å². The molecule has 0 fully saturated rings. The van der Waals surface area contributed by atoms with Crippen LogP contribution in [0.15, 0.2) is 42.5 Å². The highest BCUT2D eigenvalue weighted by Gasteiger charge is 2.13. The molecule has 2 aromatic carbocycles. The molecule has 1 aliphatic heterocycles. The van der Waals surface area contributed by atoms with Gasteiger partial charge in [-0.05, 0) is 29.8 Å². The van der Waals surface area contributed by atoms with Gasteiger partial charge in [-0.3, -0.25) is 4.79 Å². The SMILES string of the molecule is COc1ccccc1C(=O)NCc1ccc2c(c1)OCCCO2. The Bertz CT molecular complexity index is 699. The zero-order valence-corrected chi connectivity index (χ0v) is 13.0. The van der Waals surface area contributed by atoms with Gasteiger partial charge in [-0.15, -0.1) is 0 Å². The maximum atomic E-state index is 12.3. The van der Waals surface area contributed by atoms with E-state index in [0.717, 1.165) is 23.5 Å². The van der Waals surface area contributed by atoms with E-state index in [4.69, 9.17) is 14.2 Å². The molecule has 5 heteroatoms. The number of hydrogen-bond donors (Lipinski definition) is 1. The number of para-hydroxylation sites is 1. The van der Waals surface area contributed by atoms with Crippen LogP contribution in [-0.2, 0) is 6.54 Å². The van der Waals surface area contributed by atoms with E-state index >= 15 is 0 Å². The van der Waals surface area contributed by atoms with E-state index in [1.54, 1.807) is 19.2 Å². The second-order valence-corrected chi connectivity index (χ2v) is 5.21. The summed E-state index contributed by atoms with van der Waals surface area (Å²) in [6.07, 6.45) is 0.870. The standard InChI is InChI=1S/C18H19NO4/c1-21-15-6-3-2-5-14(15)18(20)19-12-13-7-8-16-17(11-13)23-10-4-9-22-16/h2-3,5-8,11H,4,9-10,12H2,1H3,(H,19,20). The molecule has 0 unspecified atom stereocenters. The Labute approximate surface area is 135 Å². The van der Waals surface area contributed by atoms with Crippen molar-refractivity contribution in [3.05, 3.63) is 53.6 Å². The van der Waals surface area contributed by atoms with Crippen molar-refractivity contribution in [2.24, 2.45) is 0 Å². The van der Waals surface area contributed by atoms with Crippen LogP contribution in [0, 0.1) is 0 Å². The molecule has 0 saturated carbocycles. The lowest BCUT2D eigenvalue weighted by Crippen LogP contribution is -2.23. The molecule has 23 heavy (non-hydrogen) atoms. The van der Waals surface area contributed by atoms with E-state index in [1.165, 1.54) is 0 Å². The minimum absolute atomic E-state index is 0.172. The van der Waals surface area contributed by atoms with Crippen molar-refractivity contribution in [3.63, 3.8) is 0 Å². The predicted molar refractivity (Wildman–Crippen MR) is 86.2 cm³/mol. The second kappa shape index (κ2) is 7.05. The van der Waals surface area contributed by atoms with Crippen LogP contribution in [0.3, 0.4) is 0 Å². The quantitative estimate of drug-likeness (QED) is 0.943. The highest BCUT2D eigenvalue weighted by Crippen LogP contribution is 2.30. The molecule has 1 aliphatic rings. The maximum Gasteiger partial charge on any atom is 0.255 e. The molecule has 0 aliphatic carbocycles. The highest BCUT2D eigenvalue weighted by atomic mass is 16.5. The molecule has 2 aromatic rings. The Morgan fingerprint density at radius 1 is 1.13 bits per heavy atom. The van der Waals surface area contributed by atoms with Crippen LogP contribution in [-0.4, -0.2) is 26.2 Å². The van der Waals surface area contributed by atoms with Gasteiger partial charge in [0, 0.05) is 13.0 Å². The third-order valence-electron chi connectivity index (χ3n) is 3.62. The van der Waals surface area contributed by atoms with Gasteiger partial charge in [-0.25, -0.2) is 0 Å². The molecule has 5 nitrogen and oxygen atoms in total. The molecule has 0 atom stereocenters. The van der Waals surface area contributed by atoms with Crippen LogP contribution >= 0.6 is 0 Å². The zero-order valence-electron chi connectivity index (χ0n) is 13.0. The summed E-state index contributed by atoms with van der Waals surface area (Å²) < 4.78 is 16.5. The van der Waals surface area contributed by atoms with Gasteiger partial charge in [-0.2, -0.15) is 0 Å². The Kier molecular flexibility index (Phi) is 4.66. The first-order valence-electron chi connectivity index (χ1n) is 7.57. The average molecular weight is 313 g/mol. The Hall–Kier alpha value is -2.69. The fraction of sp³-hybridized carbons (Fsp3) is 0.278. The van der Waals surface area contributed by atoms with Gasteiger partial charge in [0.2, 0.25) is 0 Å². The molecule has 0 aromatic heterocycles. The van der Waals surface area contributed by atoms with E-state index in [2.05, 4.69) is 5.32 Å². The molecule has 1 N–H and O–H groups in total. The number of ether oxygens (including phenoxy) is 3. The lowest BCUT2D eigenvalue weighted by molar-refractivity contribution is 0.0948. The third kappa shape index (κ3) is 3.56. The van der Waals surface area contributed by atoms with Crippen LogP contribution in [0.2, 0.25) is 0 Å². The van der Waals surface area contributed by atoms with Crippen LogP contribution in [0.1, 0.15) is 22.3 Å². The van der Waals surface area contributed by atoms with Crippen molar-refractivity contribution in [1.29, 1.82) is 0 Å². The van der Waals surface area contributed by atoms with Gasteiger partial charge in [0.15, 0.2) is 11.5 Å². The topological polar surface area (TPSA) is 56.8 Å². The van der Waals surface area contributed by atoms with E-state index in [1.807, 2.05) is 30.3 Å². The van der Waals surface area contributed by atoms with Crippen LogP contribution in [0.4, 0.5) is 0 Å². The summed E-state index contributed by atoms with van der Waals surface area (Å²) in [5.74, 6) is 1.87. The summed E-state index contributed by atoms with van der Waals surface area (Å²) in [4.78, 5) is 12.3. The lowest BCUT2D eigenvalue weighted by atomic mass is 10.1. The largest absolute Gasteiger partial charge is 0.496 e. The molecule has 1 heterocycles. The maximum absolute atomic E-state index is 12.3. The molecule has 0 bridgehead atoms. The molecule has 0 radical (unpaired) electrons. The number of fused-ring (bicyclic) bond motifs is 1. The third-order valence-corrected chi connectivity index (χ3v) is 3.62. The molecule has 120 valence electrons. The molecule has 3 rings (SSSR count). The second-order valence-electron chi connectivity index (χ2n) is 5.21. The first-order chi connectivity index (χ1) is 11.3. The van der Waals surface area contributed by atoms with Crippen molar-refractivity contribution >= 4 is 5.91 Å². The molecular formula is C18H19NO4. The van der Waals surface area contributed by atoms with Crippen molar-refractivity contribution in [2.45, 2.75) is 13.0 Å². The minimum Gasteiger partial charge on any atom is -0.496 e. The van der Waals surface area contributed by atoms with Crippen molar-refractivity contribution in [3.8, 4) is 17.2 Å². The summed E-state index contributed by atoms with van der Waals surface area (Å²) >= 11 is 0. The number of nitrogens with one attached hydrogen (secondary N) is 1. The van der Waals surface area contributed by atoms with Crippen LogP contribution < -0.4 is 19.5 Å². The normalized spacial score (nSPS) is 13.1. The average Bonchev–Trinajstić information content (AvgIpc) is 2.84. The fourth-order valence-electron chi connectivity index (χ4n) is 2.43. The minimum atomic E-state index is -0.172. The summed E-state index contributed by atoms with van der Waals surface area (Å²) in [6, 6.07) is 12.9. The molecular weight excluding hydrogens is 294 g/mol. The van der Waals surface area contributed by atoms with Crippen LogP contribution in [0.25, 0.3) is 0 Å². The van der Waals surface area contributed by atoms with Crippen molar-refractivity contribution < 1.29 is 19.0 Å². The van der Waals surface area contributed by atoms with Gasteiger partial charge < -0.3 is 19.5 Å². The van der Waals surface area contributed by atoms with Crippen molar-refractivity contribution in [1.82, 2.24) is 5.32 Å². The summed E-state index contributed by atoms with van der Waals surface area (Å²) in [6.45, 7) is 1.72. The van der Waals surface area contributed by atoms with Gasteiger partial charge in [0.05, 0.1) is 25.9 Å². The zero-order chi connectivity index (χ0) is 16.1. The van der Waals surface area contributed by atoms with Gasteiger partial charge in [0.1, 0.15) is 5.75 Å². The number of carbonyl (C=O) groups is 1. The van der Waals surface area contributed by atoms with E-state index < -0.39 is 0 Å². The number of amides is 1. The fourth-order valence-corrected chi connectivity index (χ4v) is 2.43. The smallest absolute Gasteiger partial charge is 0.255 e. The van der Waals surface area contributed by atoms with Crippen LogP contribution in [0.5, 0.6) is 17.2 Å². The van der Waals surface area contributed by atoms with Gasteiger partial charge in [-0.1, -0.05) is 18.2 Å². The summed E-state index contributed by atoms with van der Waals surface area (Å²) in [7, 11) is 1.55. The van der Waals surface area contributed by atoms with E-state index in [0.29, 0.717) is 31.1 Å². The number of benzene rings is 2. The van der Waals surface area contributed by atoms with E-state index in [9.17, 15) is 4.79 Å². The Balaban J connectivity index is 1.68. The Morgan fingerprint density at radius 3 is 2.74 bits per heavy atom. The Morgan fingerprint density at radius 2 is 1.91 bits per heavy atom. The summed E-state index contributed by atoms with van der Waals surface area (Å²) in [5.41, 5.74) is 1.47. The molecule has 0 spiro atoms. The van der Waals surface area contributed by atoms with Gasteiger partial charge >= 0.3 is 0 Å². The highest BCUT2D eigenvalue weighted by molar-refractivity contribution is 5.96. The first-order valence-corrected chi connectivity index (χ1v) is 7.57. The number of rotatable bonds is 4. The monoisotopic (exact) mass is 313 g/mol. The number of carbonyl (C=O) groups excluding carboxylic acids is 1. The molecule has 1 amide bonds. The first kappa shape index (κ1) is 15.2. The predicted octanol–water partition coefficient (Wildman–Crippen LogP) is 2.79.